The molecule has 0 aliphatic carbocycles. The first-order valence-electron chi connectivity index (χ1n) is 28.0. The minimum atomic E-state index is -0.129. The number of aromatic nitrogens is 1. The molecule has 2 aromatic heterocycles. The predicted octanol–water partition coefficient (Wildman–Crippen LogP) is 18.5. The molecule has 384 valence electrons. The molecule has 0 N–H and O–H groups in total. The molecule has 6 heteroatoms. The molecule has 0 saturated heterocycles. The van der Waals surface area contributed by atoms with E-state index in [0.29, 0.717) is 0 Å². The summed E-state index contributed by atoms with van der Waals surface area (Å²) in [7, 11) is 0. The third-order valence-electron chi connectivity index (χ3n) is 16.9. The molecule has 0 radical (unpaired) electrons. The number of nitrogens with zero attached hydrogens (tertiary/aromatic N) is 4. The van der Waals surface area contributed by atoms with E-state index in [1.165, 1.54) is 60.7 Å². The number of hydrogen-bond acceptors (Lipinski definition) is 4. The van der Waals surface area contributed by atoms with Crippen LogP contribution in [-0.4, -0.2) is 11.3 Å². The van der Waals surface area contributed by atoms with Crippen LogP contribution < -0.4 is 31.1 Å². The van der Waals surface area contributed by atoms with Crippen molar-refractivity contribution in [1.29, 1.82) is 0 Å². The summed E-state index contributed by atoms with van der Waals surface area (Å²) in [4.78, 5) is 7.48. The molecule has 13 aromatic rings. The molecule has 11 aromatic carbocycles. The van der Waals surface area contributed by atoms with Crippen molar-refractivity contribution in [3.63, 3.8) is 0 Å². The van der Waals surface area contributed by atoms with Crippen LogP contribution in [0.2, 0.25) is 0 Å². The van der Waals surface area contributed by atoms with E-state index in [2.05, 4.69) is 310 Å². The van der Waals surface area contributed by atoms with Gasteiger partial charge >= 0.3 is 0 Å². The Kier molecular flexibility index (Phi) is 10.7. The van der Waals surface area contributed by atoms with Gasteiger partial charge < -0.3 is 23.7 Å². The molecule has 0 amide bonds. The summed E-state index contributed by atoms with van der Waals surface area (Å²) >= 11 is 0. The highest BCUT2D eigenvalue weighted by Gasteiger charge is 2.44. The molecular formula is C74H59BN4O. The summed E-state index contributed by atoms with van der Waals surface area (Å²) < 4.78 is 9.38. The van der Waals surface area contributed by atoms with Crippen molar-refractivity contribution < 1.29 is 4.42 Å². The minimum absolute atomic E-state index is 0.00519. The number of rotatable bonds is 7. The van der Waals surface area contributed by atoms with Gasteiger partial charge in [-0.2, -0.15) is 0 Å². The summed E-state index contributed by atoms with van der Waals surface area (Å²) in [6, 6.07) is 92.1. The molecule has 0 atom stereocenters. The number of furan rings is 1. The zero-order chi connectivity index (χ0) is 54.0. The summed E-state index contributed by atoms with van der Waals surface area (Å²) in [6.45, 7) is 13.6. The average Bonchev–Trinajstić information content (AvgIpc) is 2.64. The fourth-order valence-electron chi connectivity index (χ4n) is 12.9. The van der Waals surface area contributed by atoms with Gasteiger partial charge in [-0.05, 0) is 153 Å². The quantitative estimate of drug-likeness (QED) is 0.149. The van der Waals surface area contributed by atoms with Gasteiger partial charge in [-0.1, -0.05) is 187 Å². The first-order chi connectivity index (χ1) is 39.0. The Morgan fingerprint density at radius 2 is 0.938 bits per heavy atom. The van der Waals surface area contributed by atoms with E-state index in [0.717, 1.165) is 78.6 Å². The fraction of sp³-hybridized carbons (Fsp3) is 0.108. The Morgan fingerprint density at radius 3 is 1.62 bits per heavy atom. The molecule has 0 spiro atoms. The van der Waals surface area contributed by atoms with E-state index in [4.69, 9.17) is 4.42 Å². The lowest BCUT2D eigenvalue weighted by atomic mass is 9.33. The Bertz CT molecular complexity index is 4560. The third-order valence-corrected chi connectivity index (χ3v) is 16.9. The lowest BCUT2D eigenvalue weighted by molar-refractivity contribution is 0.590. The SMILES string of the molecule is CC(C)(C)c1ccc(N2c3cc(N(c4cccc(-c5ccccc5)c4)c4cccc5c4oc4ccccc45)ccc3B3c4cc5c(cc4N(c4ccc(C(C)(C)C)cc4)c4cccc2c43)c2ccccc2n5-c2ccccc2)cc1. The summed E-state index contributed by atoms with van der Waals surface area (Å²) in [5.41, 5.74) is 23.8. The standard InChI is InChI=1S/C74H59BN4O/c1-73(2,3)50-34-38-53(39-35-50)78-64-30-19-31-65-71(64)75(62-47-67-60(46-69(62)79(65)54-40-36-51(37-41-54)74(4,5)6)57-26-13-15-29-63(57)77(67)52-23-11-8-12-24-52)61-43-42-56(45-68(61)78)76(55-25-17-22-49(44-55)48-20-9-7-10-21-48)66-32-18-28-59-58-27-14-16-33-70(58)80-72(59)66/h7-47H,1-6H3. The van der Waals surface area contributed by atoms with Crippen molar-refractivity contribution >= 4 is 118 Å². The van der Waals surface area contributed by atoms with Gasteiger partial charge in [-0.25, -0.2) is 0 Å². The number of fused-ring (bicyclic) bond motifs is 10. The second-order valence-corrected chi connectivity index (χ2v) is 23.8. The average molecular weight is 1030 g/mol. The van der Waals surface area contributed by atoms with Gasteiger partial charge in [0.05, 0.1) is 16.7 Å². The molecule has 0 fully saturated rings. The smallest absolute Gasteiger partial charge is 0.252 e. The van der Waals surface area contributed by atoms with E-state index in [1.807, 2.05) is 0 Å². The maximum Gasteiger partial charge on any atom is 0.252 e. The van der Waals surface area contributed by atoms with E-state index < -0.39 is 0 Å². The third kappa shape index (κ3) is 7.53. The summed E-state index contributed by atoms with van der Waals surface area (Å²) in [6.07, 6.45) is 0. The number of anilines is 9. The highest BCUT2D eigenvalue weighted by molar-refractivity contribution is 7.00. The van der Waals surface area contributed by atoms with E-state index >= 15 is 0 Å². The van der Waals surface area contributed by atoms with Crippen molar-refractivity contribution in [3.8, 4) is 16.8 Å². The summed E-state index contributed by atoms with van der Waals surface area (Å²) in [5.74, 6) is 0. The van der Waals surface area contributed by atoms with Crippen LogP contribution in [0.15, 0.2) is 253 Å². The fourth-order valence-corrected chi connectivity index (χ4v) is 12.9. The van der Waals surface area contributed by atoms with Crippen LogP contribution in [0.5, 0.6) is 0 Å². The minimum Gasteiger partial charge on any atom is -0.454 e. The van der Waals surface area contributed by atoms with Gasteiger partial charge in [0.1, 0.15) is 5.58 Å². The van der Waals surface area contributed by atoms with Gasteiger partial charge in [-0.3, -0.25) is 0 Å². The first kappa shape index (κ1) is 47.7. The van der Waals surface area contributed by atoms with Crippen LogP contribution in [0.4, 0.5) is 51.2 Å². The van der Waals surface area contributed by atoms with Gasteiger partial charge in [0.25, 0.3) is 6.71 Å². The molecule has 4 heterocycles. The van der Waals surface area contributed by atoms with Crippen molar-refractivity contribution in [3.05, 3.63) is 260 Å². The van der Waals surface area contributed by atoms with Crippen molar-refractivity contribution in [2.45, 2.75) is 52.4 Å². The van der Waals surface area contributed by atoms with Crippen LogP contribution in [-0.2, 0) is 10.8 Å². The van der Waals surface area contributed by atoms with Crippen LogP contribution in [0, 0.1) is 0 Å². The zero-order valence-electron chi connectivity index (χ0n) is 45.9. The van der Waals surface area contributed by atoms with E-state index in [9.17, 15) is 0 Å². The molecule has 5 nitrogen and oxygen atoms in total. The molecule has 15 rings (SSSR count). The first-order valence-corrected chi connectivity index (χ1v) is 28.0. The lowest BCUT2D eigenvalue weighted by Gasteiger charge is -2.44. The maximum absolute atomic E-state index is 6.91. The van der Waals surface area contributed by atoms with Gasteiger partial charge in [0.15, 0.2) is 5.58 Å². The maximum atomic E-state index is 6.91. The Morgan fingerprint density at radius 1 is 0.375 bits per heavy atom. The molecule has 2 aliphatic rings. The van der Waals surface area contributed by atoms with Crippen LogP contribution in [0.25, 0.3) is 60.6 Å². The molecule has 2 aliphatic heterocycles. The monoisotopic (exact) mass is 1030 g/mol. The van der Waals surface area contributed by atoms with E-state index in [1.54, 1.807) is 0 Å². The van der Waals surface area contributed by atoms with Crippen LogP contribution in [0.1, 0.15) is 52.7 Å². The van der Waals surface area contributed by atoms with Gasteiger partial charge in [0, 0.05) is 72.7 Å². The highest BCUT2D eigenvalue weighted by Crippen LogP contribution is 2.49. The normalized spacial score (nSPS) is 13.1. The van der Waals surface area contributed by atoms with Gasteiger partial charge in [-0.15, -0.1) is 0 Å². The Labute approximate surface area is 468 Å². The number of para-hydroxylation sites is 4. The highest BCUT2D eigenvalue weighted by atomic mass is 16.3. The summed E-state index contributed by atoms with van der Waals surface area (Å²) in [5, 5.41) is 4.63. The van der Waals surface area contributed by atoms with Crippen LogP contribution in [0.3, 0.4) is 0 Å². The molecule has 80 heavy (non-hydrogen) atoms. The number of benzene rings is 11. The van der Waals surface area contributed by atoms with Gasteiger partial charge in [0.2, 0.25) is 0 Å². The van der Waals surface area contributed by atoms with Crippen molar-refractivity contribution in [1.82, 2.24) is 4.57 Å². The molecule has 0 saturated carbocycles. The topological polar surface area (TPSA) is 27.8 Å². The van der Waals surface area contributed by atoms with E-state index in [-0.39, 0.29) is 17.5 Å². The largest absolute Gasteiger partial charge is 0.454 e. The Hall–Kier alpha value is -9.52. The second-order valence-electron chi connectivity index (χ2n) is 23.8. The molecule has 0 unspecified atom stereocenters. The molecule has 0 bridgehead atoms. The Balaban J connectivity index is 1.02. The molecular weight excluding hydrogens is 972 g/mol. The van der Waals surface area contributed by atoms with Crippen molar-refractivity contribution in [2.24, 2.45) is 0 Å². The second kappa shape index (κ2) is 18.0. The predicted molar refractivity (Wildman–Crippen MR) is 340 cm³/mol. The number of hydrogen-bond donors (Lipinski definition) is 0. The lowest BCUT2D eigenvalue weighted by Crippen LogP contribution is -2.61. The zero-order valence-corrected chi connectivity index (χ0v) is 45.9. The van der Waals surface area contributed by atoms with Crippen molar-refractivity contribution in [2.75, 3.05) is 14.7 Å². The van der Waals surface area contributed by atoms with Crippen LogP contribution >= 0.6 is 0 Å².